The Labute approximate surface area is 156 Å². The van der Waals surface area contributed by atoms with Crippen LogP contribution >= 0.6 is 0 Å². The topological polar surface area (TPSA) is 85.5 Å². The first-order valence-electron chi connectivity index (χ1n) is 8.49. The molecule has 0 saturated carbocycles. The highest BCUT2D eigenvalue weighted by Crippen LogP contribution is 2.15. The zero-order valence-corrected chi connectivity index (χ0v) is 14.9. The van der Waals surface area contributed by atoms with Crippen molar-refractivity contribution in [1.29, 1.82) is 0 Å². The number of ether oxygens (including phenoxy) is 1. The number of carbonyl (C=O) groups is 2. The summed E-state index contributed by atoms with van der Waals surface area (Å²) in [4.78, 5) is 29.7. The number of likely N-dealkylation sites (N-methyl/N-ethyl adjacent to an activating group) is 1. The Kier molecular flexibility index (Phi) is 5.94. The molecule has 7 heteroatoms. The van der Waals surface area contributed by atoms with Gasteiger partial charge < -0.3 is 14.2 Å². The molecule has 0 unspecified atom stereocenters. The molecule has 3 aromatic rings. The van der Waals surface area contributed by atoms with Crippen molar-refractivity contribution in [3.05, 3.63) is 66.6 Å². The molecule has 0 spiro atoms. The lowest BCUT2D eigenvalue weighted by Crippen LogP contribution is -2.31. The fourth-order valence-corrected chi connectivity index (χ4v) is 2.38. The first kappa shape index (κ1) is 18.3. The number of esters is 1. The second kappa shape index (κ2) is 8.75. The SMILES string of the molecule is CN(C(=O)COC(=O)CCc1nc(-c2ccccc2)no1)c1ccccc1. The van der Waals surface area contributed by atoms with Gasteiger partial charge in [-0.25, -0.2) is 0 Å². The lowest BCUT2D eigenvalue weighted by atomic mass is 10.2. The van der Waals surface area contributed by atoms with Crippen molar-refractivity contribution in [2.75, 3.05) is 18.6 Å². The maximum Gasteiger partial charge on any atom is 0.306 e. The number of benzene rings is 2. The number of amides is 1. The smallest absolute Gasteiger partial charge is 0.306 e. The largest absolute Gasteiger partial charge is 0.456 e. The van der Waals surface area contributed by atoms with E-state index in [2.05, 4.69) is 10.1 Å². The third-order valence-corrected chi connectivity index (χ3v) is 3.92. The minimum Gasteiger partial charge on any atom is -0.456 e. The van der Waals surface area contributed by atoms with Crippen molar-refractivity contribution in [2.45, 2.75) is 12.8 Å². The molecule has 1 amide bonds. The van der Waals surface area contributed by atoms with E-state index in [9.17, 15) is 9.59 Å². The van der Waals surface area contributed by atoms with Crippen molar-refractivity contribution in [1.82, 2.24) is 10.1 Å². The molecular formula is C20H19N3O4. The van der Waals surface area contributed by atoms with Gasteiger partial charge >= 0.3 is 5.97 Å². The van der Waals surface area contributed by atoms with Gasteiger partial charge in [-0.1, -0.05) is 53.7 Å². The van der Waals surface area contributed by atoms with Crippen LogP contribution in [-0.2, 0) is 20.7 Å². The summed E-state index contributed by atoms with van der Waals surface area (Å²) in [5, 5.41) is 3.90. The zero-order valence-electron chi connectivity index (χ0n) is 14.9. The predicted octanol–water partition coefficient (Wildman–Crippen LogP) is 2.88. The van der Waals surface area contributed by atoms with E-state index in [-0.39, 0.29) is 25.4 Å². The van der Waals surface area contributed by atoms with Crippen LogP contribution in [0.2, 0.25) is 0 Å². The van der Waals surface area contributed by atoms with Gasteiger partial charge in [0.1, 0.15) is 0 Å². The van der Waals surface area contributed by atoms with Gasteiger partial charge in [0.05, 0.1) is 6.42 Å². The minimum atomic E-state index is -0.496. The van der Waals surface area contributed by atoms with Crippen molar-refractivity contribution in [3.8, 4) is 11.4 Å². The van der Waals surface area contributed by atoms with Crippen LogP contribution in [0.4, 0.5) is 5.69 Å². The molecule has 138 valence electrons. The molecule has 3 rings (SSSR count). The Morgan fingerprint density at radius 1 is 1.04 bits per heavy atom. The molecule has 2 aromatic carbocycles. The average molecular weight is 365 g/mol. The van der Waals surface area contributed by atoms with Crippen molar-refractivity contribution in [2.24, 2.45) is 0 Å². The lowest BCUT2D eigenvalue weighted by molar-refractivity contribution is -0.147. The molecule has 7 nitrogen and oxygen atoms in total. The number of hydrogen-bond donors (Lipinski definition) is 0. The fourth-order valence-electron chi connectivity index (χ4n) is 2.38. The van der Waals surface area contributed by atoms with E-state index >= 15 is 0 Å². The summed E-state index contributed by atoms with van der Waals surface area (Å²) >= 11 is 0. The first-order chi connectivity index (χ1) is 13.1. The van der Waals surface area contributed by atoms with Gasteiger partial charge in [-0.3, -0.25) is 9.59 Å². The second-order valence-corrected chi connectivity index (χ2v) is 5.83. The monoisotopic (exact) mass is 365 g/mol. The van der Waals surface area contributed by atoms with Gasteiger partial charge in [0, 0.05) is 24.7 Å². The third-order valence-electron chi connectivity index (χ3n) is 3.92. The summed E-state index contributed by atoms with van der Waals surface area (Å²) in [5.74, 6) is 0.0140. The Morgan fingerprint density at radius 3 is 2.41 bits per heavy atom. The van der Waals surface area contributed by atoms with E-state index < -0.39 is 5.97 Å². The molecule has 0 fully saturated rings. The van der Waals surface area contributed by atoms with Crippen LogP contribution < -0.4 is 4.90 Å². The molecule has 27 heavy (non-hydrogen) atoms. The van der Waals surface area contributed by atoms with Gasteiger partial charge in [-0.15, -0.1) is 0 Å². The fraction of sp³-hybridized carbons (Fsp3) is 0.200. The molecule has 0 bridgehead atoms. The Morgan fingerprint density at radius 2 is 1.70 bits per heavy atom. The molecule has 0 radical (unpaired) electrons. The standard InChI is InChI=1S/C20H19N3O4/c1-23(16-10-6-3-7-11-16)18(24)14-26-19(25)13-12-17-21-20(22-27-17)15-8-4-2-5-9-15/h2-11H,12-14H2,1H3. The van der Waals surface area contributed by atoms with Gasteiger partial charge in [-0.2, -0.15) is 4.98 Å². The lowest BCUT2D eigenvalue weighted by Gasteiger charge is -2.16. The summed E-state index contributed by atoms with van der Waals surface area (Å²) in [5.41, 5.74) is 1.57. The van der Waals surface area contributed by atoms with E-state index in [4.69, 9.17) is 9.26 Å². The van der Waals surface area contributed by atoms with E-state index in [1.165, 1.54) is 4.90 Å². The van der Waals surface area contributed by atoms with E-state index in [0.29, 0.717) is 11.7 Å². The molecule has 0 saturated heterocycles. The van der Waals surface area contributed by atoms with Crippen molar-refractivity contribution >= 4 is 17.6 Å². The first-order valence-corrected chi connectivity index (χ1v) is 8.49. The van der Waals surface area contributed by atoms with Crippen molar-refractivity contribution in [3.63, 3.8) is 0 Å². The Balaban J connectivity index is 1.45. The van der Waals surface area contributed by atoms with Crippen LogP contribution in [0.15, 0.2) is 65.2 Å². The van der Waals surface area contributed by atoms with E-state index in [1.54, 1.807) is 19.2 Å². The number of aryl methyl sites for hydroxylation is 1. The van der Waals surface area contributed by atoms with Gasteiger partial charge in [-0.05, 0) is 12.1 Å². The summed E-state index contributed by atoms with van der Waals surface area (Å²) in [6.07, 6.45) is 0.306. The summed E-state index contributed by atoms with van der Waals surface area (Å²) in [7, 11) is 1.63. The van der Waals surface area contributed by atoms with Crippen LogP contribution in [0.5, 0.6) is 0 Å². The van der Waals surface area contributed by atoms with Crippen LogP contribution in [0.1, 0.15) is 12.3 Å². The number of carbonyl (C=O) groups excluding carboxylic acids is 2. The predicted molar refractivity (Wildman–Crippen MR) is 98.9 cm³/mol. The van der Waals surface area contributed by atoms with E-state index in [1.807, 2.05) is 48.5 Å². The molecular weight excluding hydrogens is 346 g/mol. The van der Waals surface area contributed by atoms with Crippen LogP contribution in [0, 0.1) is 0 Å². The Hall–Kier alpha value is -3.48. The summed E-state index contributed by atoms with van der Waals surface area (Å²) < 4.78 is 10.2. The highest BCUT2D eigenvalue weighted by molar-refractivity contribution is 5.94. The van der Waals surface area contributed by atoms with Gasteiger partial charge in [0.25, 0.3) is 5.91 Å². The summed E-state index contributed by atoms with van der Waals surface area (Å²) in [6, 6.07) is 18.5. The maximum absolute atomic E-state index is 12.1. The number of anilines is 1. The number of para-hydroxylation sites is 1. The normalized spacial score (nSPS) is 10.4. The molecule has 0 atom stereocenters. The highest BCUT2D eigenvalue weighted by atomic mass is 16.5. The van der Waals surface area contributed by atoms with Gasteiger partial charge in [0.15, 0.2) is 6.61 Å². The quantitative estimate of drug-likeness (QED) is 0.599. The molecule has 1 aromatic heterocycles. The molecule has 0 aliphatic heterocycles. The highest BCUT2D eigenvalue weighted by Gasteiger charge is 2.15. The zero-order chi connectivity index (χ0) is 19.1. The summed E-state index contributed by atoms with van der Waals surface area (Å²) in [6.45, 7) is -0.316. The van der Waals surface area contributed by atoms with Crippen LogP contribution in [0.3, 0.4) is 0 Å². The number of aromatic nitrogens is 2. The maximum atomic E-state index is 12.1. The minimum absolute atomic E-state index is 0.0543. The van der Waals surface area contributed by atoms with Crippen LogP contribution in [-0.4, -0.2) is 35.7 Å². The molecule has 0 aliphatic carbocycles. The van der Waals surface area contributed by atoms with Gasteiger partial charge in [0.2, 0.25) is 11.7 Å². The number of nitrogens with zero attached hydrogens (tertiary/aromatic N) is 3. The van der Waals surface area contributed by atoms with E-state index in [0.717, 1.165) is 11.3 Å². The number of rotatable bonds is 7. The molecule has 1 heterocycles. The second-order valence-electron chi connectivity index (χ2n) is 5.83. The average Bonchev–Trinajstić information content (AvgIpc) is 3.20. The molecule has 0 aliphatic rings. The van der Waals surface area contributed by atoms with Crippen molar-refractivity contribution < 1.29 is 18.8 Å². The Bertz CT molecular complexity index is 894. The van der Waals surface area contributed by atoms with Crippen LogP contribution in [0.25, 0.3) is 11.4 Å². The molecule has 0 N–H and O–H groups in total. The number of hydrogen-bond acceptors (Lipinski definition) is 6. The third kappa shape index (κ3) is 5.01.